The van der Waals surface area contributed by atoms with E-state index in [2.05, 4.69) is 12.1 Å². The van der Waals surface area contributed by atoms with Gasteiger partial charge in [0.2, 0.25) is 0 Å². The first-order valence-electron chi connectivity index (χ1n) is 10.0. The molecule has 0 bridgehead atoms. The third-order valence-electron chi connectivity index (χ3n) is 5.65. The lowest BCUT2D eigenvalue weighted by atomic mass is 10.1. The van der Waals surface area contributed by atoms with Crippen molar-refractivity contribution in [3.8, 4) is 0 Å². The number of amides is 1. The fourth-order valence-corrected chi connectivity index (χ4v) is 4.97. The summed E-state index contributed by atoms with van der Waals surface area (Å²) < 4.78 is 1.08. The highest BCUT2D eigenvalue weighted by Gasteiger charge is 2.17. The van der Waals surface area contributed by atoms with Crippen LogP contribution in [0, 0.1) is 0 Å². The molecule has 6 aromatic rings. The summed E-state index contributed by atoms with van der Waals surface area (Å²) in [6.45, 7) is 0. The fourth-order valence-electron chi connectivity index (χ4n) is 3.97. The summed E-state index contributed by atoms with van der Waals surface area (Å²) in [4.78, 5) is 25.5. The summed E-state index contributed by atoms with van der Waals surface area (Å²) in [5, 5.41) is 3.24. The van der Waals surface area contributed by atoms with E-state index in [0.29, 0.717) is 5.56 Å². The average molecular weight is 420 g/mol. The molecule has 2 aromatic heterocycles. The topological polar surface area (TPSA) is 46.1 Å². The molecule has 2 heterocycles. The number of nitrogens with zero attached hydrogens (tertiary/aromatic N) is 3. The van der Waals surface area contributed by atoms with Gasteiger partial charge in [0, 0.05) is 28.4 Å². The van der Waals surface area contributed by atoms with Crippen molar-refractivity contribution in [2.45, 2.75) is 0 Å². The number of hydrogen-bond donors (Lipinski definition) is 0. The molecule has 0 aliphatic carbocycles. The Morgan fingerprint density at radius 2 is 1.55 bits per heavy atom. The van der Waals surface area contributed by atoms with Gasteiger partial charge in [0.1, 0.15) is 10.3 Å². The molecule has 4 nitrogen and oxygen atoms in total. The number of thiophene rings is 1. The minimum atomic E-state index is -0.0507. The van der Waals surface area contributed by atoms with Crippen molar-refractivity contribution in [1.29, 1.82) is 0 Å². The molecule has 4 aromatic carbocycles. The zero-order chi connectivity index (χ0) is 20.9. The lowest BCUT2D eigenvalue weighted by Gasteiger charge is -2.18. The van der Waals surface area contributed by atoms with E-state index in [1.54, 1.807) is 16.2 Å². The second kappa shape index (κ2) is 6.86. The van der Waals surface area contributed by atoms with Crippen LogP contribution >= 0.6 is 11.3 Å². The van der Waals surface area contributed by atoms with Crippen LogP contribution in [0.4, 0.5) is 5.69 Å². The van der Waals surface area contributed by atoms with Crippen molar-refractivity contribution < 1.29 is 4.79 Å². The van der Waals surface area contributed by atoms with Gasteiger partial charge < -0.3 is 4.90 Å². The van der Waals surface area contributed by atoms with Crippen molar-refractivity contribution in [2.24, 2.45) is 0 Å². The van der Waals surface area contributed by atoms with Gasteiger partial charge in [0.15, 0.2) is 0 Å². The van der Waals surface area contributed by atoms with Crippen LogP contribution in [0.3, 0.4) is 0 Å². The van der Waals surface area contributed by atoms with Gasteiger partial charge in [0.25, 0.3) is 5.91 Å². The van der Waals surface area contributed by atoms with E-state index in [0.717, 1.165) is 47.9 Å². The molecule has 0 aliphatic heterocycles. The Balaban J connectivity index is 1.44. The van der Waals surface area contributed by atoms with E-state index in [-0.39, 0.29) is 5.91 Å². The van der Waals surface area contributed by atoms with Crippen LogP contribution in [-0.4, -0.2) is 22.9 Å². The standard InChI is InChI=1S/C26H17N3OS/c1-29(19-12-10-16-6-2-3-7-17(16)14-19)26(30)18-11-13-23-20(15-18)24-25(31-23)28-22-9-5-4-8-21(22)27-24/h2-15H,1H3. The van der Waals surface area contributed by atoms with E-state index >= 15 is 0 Å². The molecule has 31 heavy (non-hydrogen) atoms. The largest absolute Gasteiger partial charge is 0.311 e. The van der Waals surface area contributed by atoms with E-state index in [1.165, 1.54) is 0 Å². The SMILES string of the molecule is CN(C(=O)c1ccc2sc3nc4ccccc4nc3c2c1)c1ccc2ccccc2c1. The van der Waals surface area contributed by atoms with Gasteiger partial charge in [-0.15, -0.1) is 11.3 Å². The van der Waals surface area contributed by atoms with E-state index in [1.807, 2.05) is 79.8 Å². The number of fused-ring (bicyclic) bond motifs is 5. The van der Waals surface area contributed by atoms with Crippen molar-refractivity contribution in [3.05, 3.63) is 90.5 Å². The fraction of sp³-hybridized carbons (Fsp3) is 0.0385. The van der Waals surface area contributed by atoms with Gasteiger partial charge in [-0.05, 0) is 53.2 Å². The third-order valence-corrected chi connectivity index (χ3v) is 6.71. The molecule has 5 heteroatoms. The molecule has 0 radical (unpaired) electrons. The number of carbonyl (C=O) groups is 1. The van der Waals surface area contributed by atoms with E-state index in [9.17, 15) is 4.79 Å². The van der Waals surface area contributed by atoms with Crippen LogP contribution in [-0.2, 0) is 0 Å². The lowest BCUT2D eigenvalue weighted by Crippen LogP contribution is -2.26. The number of carbonyl (C=O) groups excluding carboxylic acids is 1. The molecule has 148 valence electrons. The molecule has 1 amide bonds. The van der Waals surface area contributed by atoms with E-state index in [4.69, 9.17) is 9.97 Å². The molecule has 0 spiro atoms. The molecule has 0 N–H and O–H groups in total. The second-order valence-corrected chi connectivity index (χ2v) is 8.61. The zero-order valence-corrected chi connectivity index (χ0v) is 17.6. The maximum Gasteiger partial charge on any atom is 0.258 e. The Labute approximate surface area is 182 Å². The van der Waals surface area contributed by atoms with E-state index < -0.39 is 0 Å². The van der Waals surface area contributed by atoms with Gasteiger partial charge in [-0.3, -0.25) is 4.79 Å². The van der Waals surface area contributed by atoms with Crippen LogP contribution in [0.25, 0.3) is 42.2 Å². The quantitative estimate of drug-likeness (QED) is 0.325. The van der Waals surface area contributed by atoms with Crippen molar-refractivity contribution in [2.75, 3.05) is 11.9 Å². The monoisotopic (exact) mass is 419 g/mol. The number of para-hydroxylation sites is 2. The molecule has 0 unspecified atom stereocenters. The first-order chi connectivity index (χ1) is 15.2. The summed E-state index contributed by atoms with van der Waals surface area (Å²) in [5.74, 6) is -0.0507. The van der Waals surface area contributed by atoms with Crippen molar-refractivity contribution in [3.63, 3.8) is 0 Å². The summed E-state index contributed by atoms with van der Waals surface area (Å²) in [7, 11) is 1.82. The highest BCUT2D eigenvalue weighted by molar-refractivity contribution is 7.25. The molecule has 0 saturated heterocycles. The molecular weight excluding hydrogens is 402 g/mol. The van der Waals surface area contributed by atoms with Crippen LogP contribution in [0.2, 0.25) is 0 Å². The number of aromatic nitrogens is 2. The van der Waals surface area contributed by atoms with Crippen LogP contribution < -0.4 is 4.90 Å². The number of anilines is 1. The van der Waals surface area contributed by atoms with Crippen molar-refractivity contribution >= 4 is 65.2 Å². The lowest BCUT2D eigenvalue weighted by molar-refractivity contribution is 0.0993. The Hall–Kier alpha value is -3.83. The number of hydrogen-bond acceptors (Lipinski definition) is 4. The molecule has 0 fully saturated rings. The Kier molecular flexibility index (Phi) is 3.98. The van der Waals surface area contributed by atoms with Gasteiger partial charge in [-0.1, -0.05) is 42.5 Å². The summed E-state index contributed by atoms with van der Waals surface area (Å²) in [6.07, 6.45) is 0. The maximum atomic E-state index is 13.3. The third kappa shape index (κ3) is 2.94. The maximum absolute atomic E-state index is 13.3. The van der Waals surface area contributed by atoms with Gasteiger partial charge in [-0.25, -0.2) is 9.97 Å². The predicted octanol–water partition coefficient (Wildman–Crippen LogP) is 6.43. The Morgan fingerprint density at radius 3 is 2.39 bits per heavy atom. The predicted molar refractivity (Wildman–Crippen MR) is 129 cm³/mol. The highest BCUT2D eigenvalue weighted by atomic mass is 32.1. The minimum Gasteiger partial charge on any atom is -0.311 e. The Morgan fingerprint density at radius 1 is 0.806 bits per heavy atom. The van der Waals surface area contributed by atoms with Gasteiger partial charge >= 0.3 is 0 Å². The summed E-state index contributed by atoms with van der Waals surface area (Å²) in [5.41, 5.74) is 4.10. The highest BCUT2D eigenvalue weighted by Crippen LogP contribution is 2.33. The zero-order valence-electron chi connectivity index (χ0n) is 16.7. The first kappa shape index (κ1) is 18.0. The van der Waals surface area contributed by atoms with Gasteiger partial charge in [0.05, 0.1) is 11.0 Å². The molecule has 0 saturated carbocycles. The number of rotatable bonds is 2. The molecule has 6 rings (SSSR count). The van der Waals surface area contributed by atoms with Crippen LogP contribution in [0.5, 0.6) is 0 Å². The molecule has 0 aliphatic rings. The average Bonchev–Trinajstić information content (AvgIpc) is 3.18. The second-order valence-electron chi connectivity index (χ2n) is 7.57. The summed E-state index contributed by atoms with van der Waals surface area (Å²) in [6, 6.07) is 27.9. The first-order valence-corrected chi connectivity index (χ1v) is 10.8. The van der Waals surface area contributed by atoms with Crippen LogP contribution in [0.1, 0.15) is 10.4 Å². The molecule has 0 atom stereocenters. The van der Waals surface area contributed by atoms with Crippen LogP contribution in [0.15, 0.2) is 84.9 Å². The van der Waals surface area contributed by atoms with Gasteiger partial charge in [-0.2, -0.15) is 0 Å². The normalized spacial score (nSPS) is 11.5. The Bertz CT molecular complexity index is 1640. The molecular formula is C26H17N3OS. The number of benzene rings is 4. The minimum absolute atomic E-state index is 0.0507. The smallest absolute Gasteiger partial charge is 0.258 e. The summed E-state index contributed by atoms with van der Waals surface area (Å²) >= 11 is 1.60. The van der Waals surface area contributed by atoms with Crippen molar-refractivity contribution in [1.82, 2.24) is 9.97 Å².